The van der Waals surface area contributed by atoms with Crippen molar-refractivity contribution in [3.05, 3.63) is 0 Å². The van der Waals surface area contributed by atoms with Gasteiger partial charge in [-0.05, 0) is 19.3 Å². The molecule has 290 valence electrons. The van der Waals surface area contributed by atoms with Crippen LogP contribution in [0.4, 0.5) is 0 Å². The minimum atomic E-state index is -5.09. The largest absolute Gasteiger partial charge is 0.463 e. The first-order valence-corrected chi connectivity index (χ1v) is 19.3. The summed E-state index contributed by atoms with van der Waals surface area (Å²) < 4.78 is 47.4. The predicted molar refractivity (Wildman–Crippen MR) is 185 cm³/mol. The number of ether oxygens (including phenoxy) is 2. The number of carbonyl (C=O) groups is 5. The van der Waals surface area contributed by atoms with Gasteiger partial charge in [0.1, 0.15) is 30.9 Å². The highest BCUT2D eigenvalue weighted by atomic mass is 32.3. The molecule has 1 aliphatic heterocycles. The maximum atomic E-state index is 13.6. The number of esters is 2. The number of nitrogens with one attached hydrogen (secondary N) is 3. The lowest BCUT2D eigenvalue weighted by molar-refractivity contribution is -0.166. The van der Waals surface area contributed by atoms with E-state index in [1.54, 1.807) is 20.8 Å². The van der Waals surface area contributed by atoms with E-state index < -0.39 is 101 Å². The molecule has 1 heterocycles. The van der Waals surface area contributed by atoms with Gasteiger partial charge in [-0.1, -0.05) is 105 Å². The third-order valence-corrected chi connectivity index (χ3v) is 9.56. The number of aliphatic hydroxyl groups excluding tert-OH is 1. The van der Waals surface area contributed by atoms with Gasteiger partial charge in [-0.15, -0.1) is 0 Å². The lowest BCUT2D eigenvalue weighted by atomic mass is 9.86. The molecule has 0 aromatic carbocycles. The van der Waals surface area contributed by atoms with Crippen molar-refractivity contribution in [2.45, 2.75) is 162 Å². The van der Waals surface area contributed by atoms with E-state index in [0.29, 0.717) is 6.42 Å². The van der Waals surface area contributed by atoms with Crippen molar-refractivity contribution < 1.29 is 55.7 Å². The fraction of sp³-hybridized carbons (Fsp3) is 0.853. The van der Waals surface area contributed by atoms with Crippen LogP contribution in [0.1, 0.15) is 126 Å². The first-order valence-electron chi connectivity index (χ1n) is 18.0. The van der Waals surface area contributed by atoms with Gasteiger partial charge >= 0.3 is 22.3 Å². The van der Waals surface area contributed by atoms with Gasteiger partial charge in [0, 0.05) is 12.8 Å². The molecule has 5 N–H and O–H groups in total. The number of unbranched alkanes of at least 4 members (excludes halogenated alkanes) is 10. The van der Waals surface area contributed by atoms with Crippen LogP contribution in [0.25, 0.3) is 0 Å². The number of carbonyl (C=O) groups excluding carboxylic acids is 5. The molecule has 3 amide bonds. The second kappa shape index (κ2) is 22.9. The molecule has 1 aliphatic rings. The summed E-state index contributed by atoms with van der Waals surface area (Å²) >= 11 is 0. The molecule has 0 saturated carbocycles. The Kier molecular flexibility index (Phi) is 20.7. The zero-order chi connectivity index (χ0) is 38.0. The van der Waals surface area contributed by atoms with Crippen LogP contribution in [0.3, 0.4) is 0 Å². The van der Waals surface area contributed by atoms with Gasteiger partial charge < -0.3 is 30.5 Å². The summed E-state index contributed by atoms with van der Waals surface area (Å²) in [6.45, 7) is 10.0. The third-order valence-electron chi connectivity index (χ3n) is 9.01. The van der Waals surface area contributed by atoms with Gasteiger partial charge in [-0.25, -0.2) is 8.98 Å². The summed E-state index contributed by atoms with van der Waals surface area (Å²) in [5.41, 5.74) is 0. The zero-order valence-electron chi connectivity index (χ0n) is 30.8. The van der Waals surface area contributed by atoms with E-state index in [1.807, 2.05) is 0 Å². The van der Waals surface area contributed by atoms with E-state index in [0.717, 1.165) is 39.5 Å². The Bertz CT molecular complexity index is 1200. The normalized spacial score (nSPS) is 24.4. The van der Waals surface area contributed by atoms with Crippen LogP contribution in [-0.4, -0.2) is 90.8 Å². The van der Waals surface area contributed by atoms with E-state index in [9.17, 15) is 42.0 Å². The van der Waals surface area contributed by atoms with Crippen LogP contribution < -0.4 is 16.0 Å². The van der Waals surface area contributed by atoms with Crippen LogP contribution in [0, 0.1) is 17.8 Å². The smallest absolute Gasteiger partial charge is 0.397 e. The molecule has 0 aromatic rings. The number of hydrogen-bond donors (Lipinski definition) is 5. The van der Waals surface area contributed by atoms with Gasteiger partial charge in [0.05, 0.1) is 12.0 Å². The number of amides is 3. The van der Waals surface area contributed by atoms with E-state index >= 15 is 0 Å². The fourth-order valence-electron chi connectivity index (χ4n) is 5.87. The van der Waals surface area contributed by atoms with Gasteiger partial charge in [0.2, 0.25) is 17.7 Å². The van der Waals surface area contributed by atoms with Crippen LogP contribution in [0.5, 0.6) is 0 Å². The average Bonchev–Trinajstić information content (AvgIpc) is 3.03. The molecule has 0 aromatic heterocycles. The molecule has 1 fully saturated rings. The standard InChI is InChI=1S/C34H61N3O12S/c1-8-9-10-11-12-13-14-15-16-17-18-19-27(39)22(4)30-23(5)31(40)36-28(21(2)3)32(41)37-29(24(6)49-50(44,45)46)33(42)35-26(34(43)48-30)20-47-25(7)38/h21-24,26-30,39H,8-20H2,1-7H3,(H,35,42)(H,36,40)(H,37,41)(H,44,45,46). The highest BCUT2D eigenvalue weighted by Gasteiger charge is 2.42. The van der Waals surface area contributed by atoms with Crippen molar-refractivity contribution in [3.8, 4) is 0 Å². The molecule has 16 heteroatoms. The second-order valence-electron chi connectivity index (χ2n) is 13.8. The fourth-order valence-corrected chi connectivity index (χ4v) is 6.36. The maximum Gasteiger partial charge on any atom is 0.397 e. The van der Waals surface area contributed by atoms with Gasteiger partial charge in [-0.3, -0.25) is 23.7 Å². The van der Waals surface area contributed by atoms with Crippen molar-refractivity contribution >= 4 is 40.1 Å². The molecule has 0 radical (unpaired) electrons. The molecule has 50 heavy (non-hydrogen) atoms. The number of rotatable bonds is 20. The Morgan fingerprint density at radius 3 is 1.82 bits per heavy atom. The first kappa shape index (κ1) is 45.2. The van der Waals surface area contributed by atoms with Crippen molar-refractivity contribution in [2.24, 2.45) is 17.8 Å². The third kappa shape index (κ3) is 16.9. The summed E-state index contributed by atoms with van der Waals surface area (Å²) in [6.07, 6.45) is 8.96. The summed E-state index contributed by atoms with van der Waals surface area (Å²) in [5.74, 6) is -6.96. The molecule has 1 saturated heterocycles. The van der Waals surface area contributed by atoms with Crippen molar-refractivity contribution in [2.75, 3.05) is 6.61 Å². The Balaban J connectivity index is 3.23. The molecule has 0 bridgehead atoms. The van der Waals surface area contributed by atoms with Crippen LogP contribution in [-0.2, 0) is 48.0 Å². The molecule has 0 spiro atoms. The molecular formula is C34H61N3O12S. The van der Waals surface area contributed by atoms with Crippen LogP contribution in [0.15, 0.2) is 0 Å². The molecule has 0 aliphatic carbocycles. The van der Waals surface area contributed by atoms with Crippen LogP contribution in [0.2, 0.25) is 0 Å². The topological polar surface area (TPSA) is 224 Å². The van der Waals surface area contributed by atoms with E-state index in [1.165, 1.54) is 51.9 Å². The monoisotopic (exact) mass is 735 g/mol. The summed E-state index contributed by atoms with van der Waals surface area (Å²) in [6, 6.07) is -4.71. The lowest BCUT2D eigenvalue weighted by Gasteiger charge is -2.33. The molecule has 8 unspecified atom stereocenters. The SMILES string of the molecule is CCCCCCCCCCCCCC(O)C(C)C1OC(=O)C(COC(C)=O)NC(=O)C(C(C)OS(=O)(=O)O)NC(=O)C(C(C)C)NC(=O)C1C. The number of cyclic esters (lactones) is 1. The minimum absolute atomic E-state index is 0.387. The quantitative estimate of drug-likeness (QED) is 0.0691. The van der Waals surface area contributed by atoms with Crippen molar-refractivity contribution in [1.29, 1.82) is 0 Å². The average molecular weight is 736 g/mol. The summed E-state index contributed by atoms with van der Waals surface area (Å²) in [5, 5.41) is 18.4. The highest BCUT2D eigenvalue weighted by molar-refractivity contribution is 7.80. The molecule has 15 nitrogen and oxygen atoms in total. The Hall–Kier alpha value is -2.82. The van der Waals surface area contributed by atoms with E-state index in [-0.39, 0.29) is 0 Å². The predicted octanol–water partition coefficient (Wildman–Crippen LogP) is 3.13. The van der Waals surface area contributed by atoms with Crippen LogP contribution >= 0.6 is 0 Å². The Morgan fingerprint density at radius 2 is 1.32 bits per heavy atom. The van der Waals surface area contributed by atoms with E-state index in [4.69, 9.17) is 9.47 Å². The lowest BCUT2D eigenvalue weighted by Crippen LogP contribution is -2.60. The van der Waals surface area contributed by atoms with Gasteiger partial charge in [-0.2, -0.15) is 8.42 Å². The summed E-state index contributed by atoms with van der Waals surface area (Å²) in [7, 11) is -5.09. The molecular weight excluding hydrogens is 674 g/mol. The number of aliphatic hydroxyl groups is 1. The van der Waals surface area contributed by atoms with Crippen molar-refractivity contribution in [3.63, 3.8) is 0 Å². The first-order chi connectivity index (χ1) is 23.4. The molecule has 8 atom stereocenters. The van der Waals surface area contributed by atoms with Gasteiger partial charge in [0.25, 0.3) is 0 Å². The van der Waals surface area contributed by atoms with Crippen molar-refractivity contribution in [1.82, 2.24) is 16.0 Å². The molecule has 1 rings (SSSR count). The maximum absolute atomic E-state index is 13.6. The Labute approximate surface area is 297 Å². The number of hydrogen-bond acceptors (Lipinski definition) is 11. The zero-order valence-corrected chi connectivity index (χ0v) is 31.6. The van der Waals surface area contributed by atoms with Gasteiger partial charge in [0.15, 0.2) is 6.04 Å². The van der Waals surface area contributed by atoms with E-state index in [2.05, 4.69) is 27.1 Å². The minimum Gasteiger partial charge on any atom is -0.463 e. The Morgan fingerprint density at radius 1 is 0.820 bits per heavy atom. The highest BCUT2D eigenvalue weighted by Crippen LogP contribution is 2.25. The summed E-state index contributed by atoms with van der Waals surface area (Å²) in [4.78, 5) is 65.7. The second-order valence-corrected chi connectivity index (χ2v) is 14.8.